The molecule has 1 heterocycles. The lowest BCUT2D eigenvalue weighted by Crippen LogP contribution is -2.49. The van der Waals surface area contributed by atoms with Crippen LogP contribution in [0.25, 0.3) is 0 Å². The number of aliphatic carboxylic acids is 1. The van der Waals surface area contributed by atoms with Crippen molar-refractivity contribution < 1.29 is 19.4 Å². The van der Waals surface area contributed by atoms with Crippen molar-refractivity contribution in [3.8, 4) is 0 Å². The molecule has 1 aromatic rings. The molecule has 0 spiro atoms. The maximum absolute atomic E-state index is 12.3. The maximum Gasteiger partial charge on any atom is 0.313 e. The number of amides is 1. The molecule has 1 aliphatic rings. The topological polar surface area (TPSA) is 75.6 Å². The van der Waals surface area contributed by atoms with Gasteiger partial charge in [-0.1, -0.05) is 17.7 Å². The van der Waals surface area contributed by atoms with Crippen molar-refractivity contribution in [1.82, 2.24) is 5.32 Å². The standard InChI is InChI=1S/C15H19NO4/c1-9-4-5-11(10(2)6-9)13(17)16-12-7-20-8-15(12,3)14(18)19/h4-6,12H,7-8H2,1-3H3,(H,16,17)(H,18,19). The largest absolute Gasteiger partial charge is 0.481 e. The number of nitrogens with one attached hydrogen (secondary N) is 1. The van der Waals surface area contributed by atoms with Crippen LogP contribution < -0.4 is 5.32 Å². The zero-order valence-corrected chi connectivity index (χ0v) is 11.9. The molecule has 2 N–H and O–H groups in total. The van der Waals surface area contributed by atoms with Crippen molar-refractivity contribution in [3.05, 3.63) is 34.9 Å². The van der Waals surface area contributed by atoms with Gasteiger partial charge in [0.1, 0.15) is 5.41 Å². The Morgan fingerprint density at radius 2 is 2.10 bits per heavy atom. The molecule has 0 bridgehead atoms. The third-order valence-electron chi connectivity index (χ3n) is 3.88. The summed E-state index contributed by atoms with van der Waals surface area (Å²) in [5.74, 6) is -1.22. The second-order valence-corrected chi connectivity index (χ2v) is 5.58. The molecule has 1 amide bonds. The number of hydrogen-bond acceptors (Lipinski definition) is 3. The molecule has 1 aromatic carbocycles. The normalized spacial score (nSPS) is 25.4. The van der Waals surface area contributed by atoms with E-state index in [4.69, 9.17) is 4.74 Å². The van der Waals surface area contributed by atoms with E-state index in [0.717, 1.165) is 11.1 Å². The highest BCUT2D eigenvalue weighted by Crippen LogP contribution is 2.29. The Labute approximate surface area is 117 Å². The van der Waals surface area contributed by atoms with Crippen molar-refractivity contribution in [3.63, 3.8) is 0 Å². The Kier molecular flexibility index (Phi) is 3.81. The number of hydrogen-bond donors (Lipinski definition) is 2. The SMILES string of the molecule is Cc1ccc(C(=O)NC2COCC2(C)C(=O)O)c(C)c1. The lowest BCUT2D eigenvalue weighted by molar-refractivity contribution is -0.148. The van der Waals surface area contributed by atoms with Crippen LogP contribution in [0.2, 0.25) is 0 Å². The van der Waals surface area contributed by atoms with E-state index >= 15 is 0 Å². The van der Waals surface area contributed by atoms with Crippen LogP contribution in [0.3, 0.4) is 0 Å². The lowest BCUT2D eigenvalue weighted by atomic mass is 9.85. The van der Waals surface area contributed by atoms with Crippen molar-refractivity contribution in [1.29, 1.82) is 0 Å². The third-order valence-corrected chi connectivity index (χ3v) is 3.88. The van der Waals surface area contributed by atoms with E-state index in [1.54, 1.807) is 13.0 Å². The second-order valence-electron chi connectivity index (χ2n) is 5.58. The number of aryl methyl sites for hydroxylation is 2. The van der Waals surface area contributed by atoms with Gasteiger partial charge in [0, 0.05) is 5.56 Å². The summed E-state index contributed by atoms with van der Waals surface area (Å²) in [7, 11) is 0. The van der Waals surface area contributed by atoms with Crippen LogP contribution in [0.1, 0.15) is 28.4 Å². The van der Waals surface area contributed by atoms with Crippen LogP contribution >= 0.6 is 0 Å². The molecule has 2 rings (SSSR count). The second kappa shape index (κ2) is 5.25. The summed E-state index contributed by atoms with van der Waals surface area (Å²) in [6, 6.07) is 5.03. The lowest BCUT2D eigenvalue weighted by Gasteiger charge is -2.25. The Hall–Kier alpha value is -1.88. The van der Waals surface area contributed by atoms with Crippen molar-refractivity contribution in [2.24, 2.45) is 5.41 Å². The number of benzene rings is 1. The van der Waals surface area contributed by atoms with Crippen LogP contribution in [0, 0.1) is 19.3 Å². The minimum Gasteiger partial charge on any atom is -0.481 e. The van der Waals surface area contributed by atoms with E-state index in [1.165, 1.54) is 0 Å². The molecule has 5 heteroatoms. The third kappa shape index (κ3) is 2.54. The molecule has 2 unspecified atom stereocenters. The van der Waals surface area contributed by atoms with E-state index in [9.17, 15) is 14.7 Å². The number of carboxylic acid groups (broad SMARTS) is 1. The van der Waals surface area contributed by atoms with Gasteiger partial charge in [-0.3, -0.25) is 9.59 Å². The van der Waals surface area contributed by atoms with Gasteiger partial charge < -0.3 is 15.2 Å². The summed E-state index contributed by atoms with van der Waals surface area (Å²) in [5.41, 5.74) is 1.45. The van der Waals surface area contributed by atoms with Crippen LogP contribution in [0.5, 0.6) is 0 Å². The Morgan fingerprint density at radius 1 is 1.40 bits per heavy atom. The Balaban J connectivity index is 2.17. The van der Waals surface area contributed by atoms with E-state index < -0.39 is 17.4 Å². The van der Waals surface area contributed by atoms with E-state index in [2.05, 4.69) is 5.32 Å². The average Bonchev–Trinajstić information content (AvgIpc) is 2.72. The minimum absolute atomic E-state index is 0.111. The number of ether oxygens (including phenoxy) is 1. The first-order valence-corrected chi connectivity index (χ1v) is 6.54. The first kappa shape index (κ1) is 14.5. The molecule has 108 valence electrons. The van der Waals surface area contributed by atoms with Crippen molar-refractivity contribution in [2.45, 2.75) is 26.8 Å². The number of carboxylic acids is 1. The molecule has 0 aromatic heterocycles. The molecule has 0 radical (unpaired) electrons. The number of rotatable bonds is 3. The summed E-state index contributed by atoms with van der Waals surface area (Å²) < 4.78 is 5.22. The highest BCUT2D eigenvalue weighted by molar-refractivity contribution is 5.96. The van der Waals surface area contributed by atoms with Gasteiger partial charge in [-0.15, -0.1) is 0 Å². The predicted octanol–water partition coefficient (Wildman–Crippen LogP) is 1.52. The van der Waals surface area contributed by atoms with Crippen molar-refractivity contribution in [2.75, 3.05) is 13.2 Å². The smallest absolute Gasteiger partial charge is 0.313 e. The van der Waals surface area contributed by atoms with Gasteiger partial charge in [0.05, 0.1) is 19.3 Å². The monoisotopic (exact) mass is 277 g/mol. The van der Waals surface area contributed by atoms with Crippen molar-refractivity contribution >= 4 is 11.9 Å². The first-order valence-electron chi connectivity index (χ1n) is 6.54. The van der Waals surface area contributed by atoms with E-state index in [1.807, 2.05) is 26.0 Å². The van der Waals surface area contributed by atoms with Gasteiger partial charge in [0.15, 0.2) is 0 Å². The van der Waals surface area contributed by atoms with Gasteiger partial charge >= 0.3 is 5.97 Å². The van der Waals surface area contributed by atoms with Crippen LogP contribution in [-0.2, 0) is 9.53 Å². The predicted molar refractivity (Wildman–Crippen MR) is 73.7 cm³/mol. The summed E-state index contributed by atoms with van der Waals surface area (Å²) in [6.45, 7) is 5.75. The van der Waals surface area contributed by atoms with Gasteiger partial charge in [0.2, 0.25) is 0 Å². The first-order chi connectivity index (χ1) is 9.34. The van der Waals surface area contributed by atoms with Gasteiger partial charge in [-0.25, -0.2) is 0 Å². The van der Waals surface area contributed by atoms with E-state index in [-0.39, 0.29) is 19.1 Å². The molecular formula is C15H19NO4. The fourth-order valence-corrected chi connectivity index (χ4v) is 2.39. The molecule has 2 atom stereocenters. The summed E-state index contributed by atoms with van der Waals surface area (Å²) in [4.78, 5) is 23.6. The molecule has 0 aliphatic carbocycles. The zero-order valence-electron chi connectivity index (χ0n) is 11.9. The summed E-state index contributed by atoms with van der Waals surface area (Å²) in [6.07, 6.45) is 0. The molecule has 0 saturated carbocycles. The maximum atomic E-state index is 12.3. The molecule has 5 nitrogen and oxygen atoms in total. The summed E-state index contributed by atoms with van der Waals surface area (Å²) >= 11 is 0. The number of carbonyl (C=O) groups excluding carboxylic acids is 1. The zero-order chi connectivity index (χ0) is 14.9. The molecule has 1 saturated heterocycles. The van der Waals surface area contributed by atoms with Crippen LogP contribution in [0.4, 0.5) is 0 Å². The molecule has 1 aliphatic heterocycles. The van der Waals surface area contributed by atoms with Crippen LogP contribution in [-0.4, -0.2) is 36.2 Å². The van der Waals surface area contributed by atoms with Gasteiger partial charge in [-0.05, 0) is 32.4 Å². The Bertz CT molecular complexity index is 555. The van der Waals surface area contributed by atoms with Gasteiger partial charge in [-0.2, -0.15) is 0 Å². The highest BCUT2D eigenvalue weighted by Gasteiger charge is 2.47. The van der Waals surface area contributed by atoms with E-state index in [0.29, 0.717) is 5.56 Å². The molecular weight excluding hydrogens is 258 g/mol. The summed E-state index contributed by atoms with van der Waals surface area (Å²) in [5, 5.41) is 12.1. The molecule has 1 fully saturated rings. The van der Waals surface area contributed by atoms with Gasteiger partial charge in [0.25, 0.3) is 5.91 Å². The number of carbonyl (C=O) groups is 2. The highest BCUT2D eigenvalue weighted by atomic mass is 16.5. The minimum atomic E-state index is -1.08. The fourth-order valence-electron chi connectivity index (χ4n) is 2.39. The fraction of sp³-hybridized carbons (Fsp3) is 0.467. The van der Waals surface area contributed by atoms with Crippen LogP contribution in [0.15, 0.2) is 18.2 Å². The Morgan fingerprint density at radius 3 is 2.70 bits per heavy atom. The molecule has 20 heavy (non-hydrogen) atoms. The average molecular weight is 277 g/mol. The quantitative estimate of drug-likeness (QED) is 0.878.